The van der Waals surface area contributed by atoms with Gasteiger partial charge < -0.3 is 19.2 Å². The Morgan fingerprint density at radius 1 is 1.15 bits per heavy atom. The zero-order valence-corrected chi connectivity index (χ0v) is 15.8. The zero-order valence-electron chi connectivity index (χ0n) is 15.0. The average molecular weight is 385 g/mol. The number of hydrogen-bond acceptors (Lipinski definition) is 6. The van der Waals surface area contributed by atoms with Gasteiger partial charge in [-0.1, -0.05) is 17.7 Å². The van der Waals surface area contributed by atoms with Crippen molar-refractivity contribution in [2.45, 2.75) is 20.1 Å². The van der Waals surface area contributed by atoms with Gasteiger partial charge in [0.1, 0.15) is 18.0 Å². The number of aryl methyl sites for hydroxylation is 1. The third-order valence-corrected chi connectivity index (χ3v) is 3.99. The first kappa shape index (κ1) is 18.7. The minimum atomic E-state index is -0.245. The van der Waals surface area contributed by atoms with E-state index in [4.69, 9.17) is 26.1 Å². The van der Waals surface area contributed by atoms with Crippen LogP contribution in [0.3, 0.4) is 0 Å². The van der Waals surface area contributed by atoms with Crippen LogP contribution < -0.4 is 14.8 Å². The van der Waals surface area contributed by atoms with Crippen molar-refractivity contribution in [2.75, 3.05) is 12.4 Å². The number of hydrogen-bond donors (Lipinski definition) is 1. The molecule has 27 heavy (non-hydrogen) atoms. The van der Waals surface area contributed by atoms with E-state index in [0.717, 1.165) is 11.3 Å². The molecule has 7 nitrogen and oxygen atoms in total. The van der Waals surface area contributed by atoms with E-state index < -0.39 is 0 Å². The van der Waals surface area contributed by atoms with Gasteiger partial charge in [0.25, 0.3) is 10.7 Å². The smallest absolute Gasteiger partial charge is 0.287 e. The summed E-state index contributed by atoms with van der Waals surface area (Å²) in [4.78, 5) is 12.3. The number of nitrogens with one attached hydrogen (secondary N) is 1. The van der Waals surface area contributed by atoms with E-state index in [1.807, 2.05) is 31.2 Å². The summed E-state index contributed by atoms with van der Waals surface area (Å²) in [6, 6.07) is 14.7. The molecule has 0 radical (unpaired) electrons. The Morgan fingerprint density at radius 3 is 2.48 bits per heavy atom. The summed E-state index contributed by atoms with van der Waals surface area (Å²) in [6.07, 6.45) is 0. The molecule has 0 aliphatic rings. The number of anilines is 1. The van der Waals surface area contributed by atoms with Crippen molar-refractivity contribution in [1.29, 1.82) is 0 Å². The molecule has 0 fully saturated rings. The minimum Gasteiger partial charge on any atom is -0.497 e. The fourth-order valence-electron chi connectivity index (χ4n) is 2.30. The number of carbonyl (C=O) groups excluding carboxylic acids is 1. The summed E-state index contributed by atoms with van der Waals surface area (Å²) < 4.78 is 17.4. The zero-order chi connectivity index (χ0) is 19.2. The number of carbonyl (C=O) groups is 1. The molecule has 0 spiro atoms. The van der Waals surface area contributed by atoms with E-state index in [0.29, 0.717) is 17.3 Å². The van der Waals surface area contributed by atoms with Crippen molar-refractivity contribution in [3.05, 3.63) is 64.8 Å². The van der Waals surface area contributed by atoms with Crippen LogP contribution >= 0.6 is 12.2 Å². The van der Waals surface area contributed by atoms with Gasteiger partial charge in [-0.3, -0.25) is 4.79 Å². The van der Waals surface area contributed by atoms with E-state index in [-0.39, 0.29) is 23.9 Å². The number of rotatable bonds is 7. The van der Waals surface area contributed by atoms with E-state index in [2.05, 4.69) is 10.4 Å². The molecule has 0 saturated carbocycles. The molecule has 1 N–H and O–H groups in total. The van der Waals surface area contributed by atoms with E-state index in [1.54, 1.807) is 31.4 Å². The molecule has 140 valence electrons. The molecule has 0 aliphatic heterocycles. The fraction of sp³-hybridized carbons (Fsp3) is 0.211. The molecule has 0 unspecified atom stereocenters. The molecule has 3 rings (SSSR count). The second-order valence-corrected chi connectivity index (χ2v) is 6.15. The first-order valence-electron chi connectivity index (χ1n) is 8.23. The van der Waals surface area contributed by atoms with Crippen LogP contribution in [0.4, 0.5) is 5.69 Å². The van der Waals surface area contributed by atoms with Crippen molar-refractivity contribution in [3.63, 3.8) is 0 Å². The van der Waals surface area contributed by atoms with Crippen LogP contribution in [0.15, 0.2) is 52.9 Å². The number of amides is 1. The van der Waals surface area contributed by atoms with Crippen molar-refractivity contribution < 1.29 is 18.7 Å². The lowest BCUT2D eigenvalue weighted by atomic mass is 10.2. The Labute approximate surface area is 161 Å². The number of methoxy groups -OCH3 is 1. The lowest BCUT2D eigenvalue weighted by Gasteiger charge is -2.05. The normalized spacial score (nSPS) is 10.4. The van der Waals surface area contributed by atoms with Crippen LogP contribution in [0.5, 0.6) is 11.5 Å². The maximum Gasteiger partial charge on any atom is 0.287 e. The summed E-state index contributed by atoms with van der Waals surface area (Å²) in [5.41, 5.74) is 1.83. The van der Waals surface area contributed by atoms with Gasteiger partial charge in [0.15, 0.2) is 6.61 Å². The van der Waals surface area contributed by atoms with E-state index in [1.165, 1.54) is 4.68 Å². The third kappa shape index (κ3) is 5.18. The molecular weight excluding hydrogens is 366 g/mol. The second-order valence-electron chi connectivity index (χ2n) is 5.80. The van der Waals surface area contributed by atoms with Gasteiger partial charge in [0.05, 0.1) is 7.11 Å². The Hall–Kier alpha value is -3.13. The molecule has 1 heterocycles. The summed E-state index contributed by atoms with van der Waals surface area (Å²) in [5, 5.41) is 6.98. The maximum absolute atomic E-state index is 12.2. The Bertz CT molecular complexity index is 962. The number of ether oxygens (including phenoxy) is 2. The molecule has 3 aromatic rings. The molecule has 8 heteroatoms. The van der Waals surface area contributed by atoms with Crippen LogP contribution in [-0.2, 0) is 17.9 Å². The van der Waals surface area contributed by atoms with Gasteiger partial charge in [0.2, 0.25) is 5.91 Å². The summed E-state index contributed by atoms with van der Waals surface area (Å²) in [5.74, 6) is 1.43. The number of benzene rings is 2. The summed E-state index contributed by atoms with van der Waals surface area (Å²) >= 11 is 5.12. The SMILES string of the molecule is COc1ccc(OCc2nn(CC(=O)Nc3ccc(C)cc3)c(=S)o2)cc1. The van der Waals surface area contributed by atoms with Crippen LogP contribution in [0, 0.1) is 11.8 Å². The first-order valence-corrected chi connectivity index (χ1v) is 8.64. The first-order chi connectivity index (χ1) is 13.0. The van der Waals surface area contributed by atoms with Crippen molar-refractivity contribution in [2.24, 2.45) is 0 Å². The van der Waals surface area contributed by atoms with Gasteiger partial charge in [-0.25, -0.2) is 4.68 Å². The lowest BCUT2D eigenvalue weighted by Crippen LogP contribution is -2.19. The molecule has 0 saturated heterocycles. The van der Waals surface area contributed by atoms with Gasteiger partial charge in [0, 0.05) is 5.69 Å². The van der Waals surface area contributed by atoms with E-state index >= 15 is 0 Å². The van der Waals surface area contributed by atoms with Crippen molar-refractivity contribution >= 4 is 23.8 Å². The van der Waals surface area contributed by atoms with E-state index in [9.17, 15) is 4.79 Å². The quantitative estimate of drug-likeness (QED) is 0.624. The molecule has 1 aromatic heterocycles. The third-order valence-electron chi connectivity index (χ3n) is 3.70. The largest absolute Gasteiger partial charge is 0.497 e. The molecule has 0 aliphatic carbocycles. The molecular formula is C19H19N3O4S. The highest BCUT2D eigenvalue weighted by molar-refractivity contribution is 7.71. The monoisotopic (exact) mass is 385 g/mol. The Morgan fingerprint density at radius 2 is 1.81 bits per heavy atom. The van der Waals surface area contributed by atoms with Crippen LogP contribution in [0.2, 0.25) is 0 Å². The van der Waals surface area contributed by atoms with Crippen LogP contribution in [-0.4, -0.2) is 22.8 Å². The highest BCUT2D eigenvalue weighted by Crippen LogP contribution is 2.18. The molecule has 2 aromatic carbocycles. The number of aromatic nitrogens is 2. The summed E-state index contributed by atoms with van der Waals surface area (Å²) in [7, 11) is 1.60. The predicted octanol–water partition coefficient (Wildman–Crippen LogP) is 3.74. The summed E-state index contributed by atoms with van der Waals surface area (Å²) in [6.45, 7) is 2.04. The standard InChI is InChI=1S/C19H19N3O4S/c1-13-3-5-14(6-4-13)20-17(23)11-22-19(27)26-18(21-22)12-25-16-9-7-15(24-2)8-10-16/h3-10H,11-12H2,1-2H3,(H,20,23). The molecule has 0 atom stereocenters. The predicted molar refractivity (Wildman–Crippen MR) is 102 cm³/mol. The van der Waals surface area contributed by atoms with Crippen molar-refractivity contribution in [1.82, 2.24) is 9.78 Å². The Kier molecular flexibility index (Phi) is 5.87. The topological polar surface area (TPSA) is 78.5 Å². The maximum atomic E-state index is 12.2. The highest BCUT2D eigenvalue weighted by atomic mass is 32.1. The molecule has 0 bridgehead atoms. The minimum absolute atomic E-state index is 0.0429. The second kappa shape index (κ2) is 8.50. The van der Waals surface area contributed by atoms with Gasteiger partial charge in [-0.2, -0.15) is 0 Å². The van der Waals surface area contributed by atoms with Crippen LogP contribution in [0.25, 0.3) is 0 Å². The van der Waals surface area contributed by atoms with Gasteiger partial charge in [-0.15, -0.1) is 5.10 Å². The fourth-order valence-corrected chi connectivity index (χ4v) is 2.50. The molecule has 1 amide bonds. The van der Waals surface area contributed by atoms with Crippen molar-refractivity contribution in [3.8, 4) is 11.5 Å². The van der Waals surface area contributed by atoms with Gasteiger partial charge in [-0.05, 0) is 55.5 Å². The Balaban J connectivity index is 1.57. The highest BCUT2D eigenvalue weighted by Gasteiger charge is 2.11. The lowest BCUT2D eigenvalue weighted by molar-refractivity contribution is -0.117. The van der Waals surface area contributed by atoms with Crippen LogP contribution in [0.1, 0.15) is 11.5 Å². The van der Waals surface area contributed by atoms with Gasteiger partial charge >= 0.3 is 0 Å². The average Bonchev–Trinajstić information content (AvgIpc) is 3.01. The number of nitrogens with zero attached hydrogens (tertiary/aromatic N) is 2.